The summed E-state index contributed by atoms with van der Waals surface area (Å²) in [6.07, 6.45) is -0.440. The van der Waals surface area contributed by atoms with E-state index in [1.807, 2.05) is 29.2 Å². The lowest BCUT2D eigenvalue weighted by Crippen LogP contribution is -2.38. The van der Waals surface area contributed by atoms with Gasteiger partial charge in [-0.05, 0) is 66.2 Å². The van der Waals surface area contributed by atoms with Crippen molar-refractivity contribution in [1.82, 2.24) is 0 Å². The van der Waals surface area contributed by atoms with Crippen LogP contribution in [-0.2, 0) is 9.53 Å². The van der Waals surface area contributed by atoms with E-state index < -0.39 is 6.17 Å². The maximum Gasteiger partial charge on any atom is 0.198 e. The molecule has 0 aromatic heterocycles. The molecule has 1 unspecified atom stereocenters. The molecule has 2 aliphatic rings. The molecular weight excluding hydrogens is 455 g/mol. The first kappa shape index (κ1) is 22.4. The average molecular weight is 479 g/mol. The number of amidine groups is 1. The third kappa shape index (κ3) is 4.36. The first-order valence-electron chi connectivity index (χ1n) is 11.1. The zero-order chi connectivity index (χ0) is 23.7. The SMILES string of the molecule is CC(=O)C1=NN(c2ccc(Cl)cc2)C(c2ccc(N3CCOCC3)cc2)N1c1ccc(F)cc1. The summed E-state index contributed by atoms with van der Waals surface area (Å²) in [7, 11) is 0. The second kappa shape index (κ2) is 9.44. The summed E-state index contributed by atoms with van der Waals surface area (Å²) in [4.78, 5) is 16.8. The zero-order valence-electron chi connectivity index (χ0n) is 18.7. The van der Waals surface area contributed by atoms with Crippen LogP contribution >= 0.6 is 11.6 Å². The fourth-order valence-corrected chi connectivity index (χ4v) is 4.42. The van der Waals surface area contributed by atoms with Crippen molar-refractivity contribution in [2.75, 3.05) is 41.1 Å². The van der Waals surface area contributed by atoms with Crippen LogP contribution in [-0.4, -0.2) is 37.9 Å². The topological polar surface area (TPSA) is 48.4 Å². The summed E-state index contributed by atoms with van der Waals surface area (Å²) in [5.74, 6) is -0.246. The number of nitrogens with zero attached hydrogens (tertiary/aromatic N) is 4. The van der Waals surface area contributed by atoms with Crippen molar-refractivity contribution in [3.63, 3.8) is 0 Å². The van der Waals surface area contributed by atoms with E-state index in [1.54, 1.807) is 29.3 Å². The van der Waals surface area contributed by atoms with E-state index in [1.165, 1.54) is 19.1 Å². The third-order valence-corrected chi connectivity index (χ3v) is 6.24. The second-order valence-electron chi connectivity index (χ2n) is 8.21. The van der Waals surface area contributed by atoms with Gasteiger partial charge >= 0.3 is 0 Å². The monoisotopic (exact) mass is 478 g/mol. The number of ether oxygens (including phenoxy) is 1. The molecule has 0 radical (unpaired) electrons. The Morgan fingerprint density at radius 3 is 2.12 bits per heavy atom. The molecule has 0 saturated carbocycles. The van der Waals surface area contributed by atoms with Gasteiger partial charge in [0, 0.05) is 36.4 Å². The Kier molecular flexibility index (Phi) is 6.22. The first-order valence-corrected chi connectivity index (χ1v) is 11.5. The van der Waals surface area contributed by atoms with E-state index in [4.69, 9.17) is 21.4 Å². The number of benzene rings is 3. The molecule has 2 aliphatic heterocycles. The highest BCUT2D eigenvalue weighted by Gasteiger charge is 2.39. The minimum Gasteiger partial charge on any atom is -0.378 e. The van der Waals surface area contributed by atoms with Gasteiger partial charge in [-0.25, -0.2) is 9.40 Å². The number of rotatable bonds is 5. The van der Waals surface area contributed by atoms with Crippen molar-refractivity contribution < 1.29 is 13.9 Å². The van der Waals surface area contributed by atoms with Crippen LogP contribution in [0, 0.1) is 5.82 Å². The van der Waals surface area contributed by atoms with Gasteiger partial charge in [0.15, 0.2) is 17.8 Å². The van der Waals surface area contributed by atoms with Gasteiger partial charge in [0.25, 0.3) is 0 Å². The smallest absolute Gasteiger partial charge is 0.198 e. The summed E-state index contributed by atoms with van der Waals surface area (Å²) in [6, 6.07) is 21.7. The molecule has 0 N–H and O–H groups in total. The number of carbonyl (C=O) groups excluding carboxylic acids is 1. The Bertz CT molecular complexity index is 1190. The molecule has 0 aliphatic carbocycles. The zero-order valence-corrected chi connectivity index (χ0v) is 19.5. The quantitative estimate of drug-likeness (QED) is 0.501. The maximum absolute atomic E-state index is 13.7. The average Bonchev–Trinajstić information content (AvgIpc) is 3.27. The van der Waals surface area contributed by atoms with Gasteiger partial charge in [0.1, 0.15) is 5.82 Å². The molecular formula is C26H24ClFN4O2. The number of anilines is 3. The van der Waals surface area contributed by atoms with Gasteiger partial charge in [-0.3, -0.25) is 9.69 Å². The summed E-state index contributed by atoms with van der Waals surface area (Å²) in [6.45, 7) is 4.60. The number of Topliss-reactive ketones (excluding diaryl/α,β-unsaturated/α-hetero) is 1. The van der Waals surface area contributed by atoms with Crippen molar-refractivity contribution in [2.24, 2.45) is 5.10 Å². The number of morpholine rings is 1. The van der Waals surface area contributed by atoms with Gasteiger partial charge < -0.3 is 9.64 Å². The minimum absolute atomic E-state index is 0.185. The molecule has 1 saturated heterocycles. The lowest BCUT2D eigenvalue weighted by Gasteiger charge is -2.33. The predicted octanol–water partition coefficient (Wildman–Crippen LogP) is 5.24. The number of hydrazone groups is 1. The van der Waals surface area contributed by atoms with E-state index in [-0.39, 0.29) is 17.4 Å². The highest BCUT2D eigenvalue weighted by molar-refractivity contribution is 6.44. The third-order valence-electron chi connectivity index (χ3n) is 5.99. The van der Waals surface area contributed by atoms with Crippen LogP contribution < -0.4 is 14.8 Å². The number of halogens is 2. The van der Waals surface area contributed by atoms with Crippen molar-refractivity contribution in [1.29, 1.82) is 0 Å². The lowest BCUT2D eigenvalue weighted by molar-refractivity contribution is -0.111. The lowest BCUT2D eigenvalue weighted by atomic mass is 10.1. The van der Waals surface area contributed by atoms with Crippen LogP contribution in [0.15, 0.2) is 77.9 Å². The predicted molar refractivity (Wildman–Crippen MR) is 133 cm³/mol. The minimum atomic E-state index is -0.440. The molecule has 34 heavy (non-hydrogen) atoms. The fourth-order valence-electron chi connectivity index (χ4n) is 4.30. The van der Waals surface area contributed by atoms with E-state index in [9.17, 15) is 9.18 Å². The normalized spacial score (nSPS) is 18.3. The second-order valence-corrected chi connectivity index (χ2v) is 8.65. The van der Waals surface area contributed by atoms with Crippen molar-refractivity contribution in [2.45, 2.75) is 13.1 Å². The van der Waals surface area contributed by atoms with E-state index >= 15 is 0 Å². The standard InChI is InChI=1S/C26H24ClFN4O2/c1-18(33)25-29-32(24-10-4-20(27)5-11-24)26(31(25)23-12-6-21(28)7-13-23)19-2-8-22(9-3-19)30-14-16-34-17-15-30/h2-13,26H,14-17H2,1H3. The highest BCUT2D eigenvalue weighted by Crippen LogP contribution is 2.39. The Morgan fingerprint density at radius 2 is 1.50 bits per heavy atom. The molecule has 3 aromatic carbocycles. The van der Waals surface area contributed by atoms with Gasteiger partial charge in [-0.2, -0.15) is 0 Å². The molecule has 1 atom stereocenters. The highest BCUT2D eigenvalue weighted by atomic mass is 35.5. The van der Waals surface area contributed by atoms with E-state index in [2.05, 4.69) is 17.0 Å². The van der Waals surface area contributed by atoms with Crippen LogP contribution in [0.1, 0.15) is 18.7 Å². The van der Waals surface area contributed by atoms with Crippen LogP contribution in [0.25, 0.3) is 0 Å². The molecule has 1 fully saturated rings. The Labute approximate surface area is 202 Å². The number of carbonyl (C=O) groups is 1. The van der Waals surface area contributed by atoms with Crippen LogP contribution in [0.5, 0.6) is 0 Å². The molecule has 174 valence electrons. The van der Waals surface area contributed by atoms with Gasteiger partial charge in [0.05, 0.1) is 18.9 Å². The number of ketones is 1. The van der Waals surface area contributed by atoms with E-state index in [0.717, 1.165) is 30.0 Å². The molecule has 0 spiro atoms. The Hall–Kier alpha value is -3.42. The first-order chi connectivity index (χ1) is 16.5. The largest absolute Gasteiger partial charge is 0.378 e. The van der Waals surface area contributed by atoms with Crippen molar-refractivity contribution in [3.05, 3.63) is 89.2 Å². The van der Waals surface area contributed by atoms with Crippen molar-refractivity contribution >= 4 is 40.3 Å². The molecule has 5 rings (SSSR count). The van der Waals surface area contributed by atoms with Gasteiger partial charge in [-0.1, -0.05) is 23.7 Å². The molecule has 0 amide bonds. The summed E-state index contributed by atoms with van der Waals surface area (Å²) < 4.78 is 19.2. The van der Waals surface area contributed by atoms with Gasteiger partial charge in [0.2, 0.25) is 0 Å². The van der Waals surface area contributed by atoms with Gasteiger partial charge in [-0.15, -0.1) is 5.10 Å². The molecule has 0 bridgehead atoms. The van der Waals surface area contributed by atoms with Crippen LogP contribution in [0.3, 0.4) is 0 Å². The fraction of sp³-hybridized carbons (Fsp3) is 0.231. The van der Waals surface area contributed by atoms with E-state index in [0.29, 0.717) is 23.9 Å². The molecule has 2 heterocycles. The Morgan fingerprint density at radius 1 is 0.912 bits per heavy atom. The molecule has 8 heteroatoms. The molecule has 3 aromatic rings. The maximum atomic E-state index is 13.7. The number of hydrogen-bond donors (Lipinski definition) is 0. The van der Waals surface area contributed by atoms with Crippen molar-refractivity contribution in [3.8, 4) is 0 Å². The number of hydrogen-bond acceptors (Lipinski definition) is 6. The van der Waals surface area contributed by atoms with Crippen LogP contribution in [0.2, 0.25) is 5.02 Å². The molecule has 6 nitrogen and oxygen atoms in total. The summed E-state index contributed by atoms with van der Waals surface area (Å²) >= 11 is 6.11. The Balaban J connectivity index is 1.58. The van der Waals surface area contributed by atoms with Crippen LogP contribution in [0.4, 0.5) is 21.5 Å². The summed E-state index contributed by atoms with van der Waals surface area (Å²) in [5.41, 5.74) is 3.52. The summed E-state index contributed by atoms with van der Waals surface area (Å²) in [5, 5.41) is 7.12.